The molecule has 2 unspecified atom stereocenters. The normalized spacial score (nSPS) is 38.1. The zero-order valence-corrected chi connectivity index (χ0v) is 10.2. The molecule has 2 N–H and O–H groups in total. The third-order valence-corrected chi connectivity index (χ3v) is 3.66. The van der Waals surface area contributed by atoms with Gasteiger partial charge in [-0.15, -0.1) is 0 Å². The standard InChI is InChI=1S/C12H22N2O2/c1-3-16-10-6-9(7-10)14-12(15)11-8(2)4-5-13-11/h8-11,13H,3-7H2,1-2H3,(H,14,15). The van der Waals surface area contributed by atoms with Crippen molar-refractivity contribution in [3.8, 4) is 0 Å². The maximum Gasteiger partial charge on any atom is 0.237 e. The highest BCUT2D eigenvalue weighted by atomic mass is 16.5. The summed E-state index contributed by atoms with van der Waals surface area (Å²) in [6.45, 7) is 5.88. The van der Waals surface area contributed by atoms with Crippen LogP contribution in [0.15, 0.2) is 0 Å². The Morgan fingerprint density at radius 3 is 2.81 bits per heavy atom. The average Bonchev–Trinajstić information content (AvgIpc) is 2.61. The van der Waals surface area contributed by atoms with Crippen LogP contribution in [0.3, 0.4) is 0 Å². The molecule has 1 saturated heterocycles. The average molecular weight is 226 g/mol. The molecule has 0 aromatic rings. The molecule has 92 valence electrons. The van der Waals surface area contributed by atoms with Crippen LogP contribution in [0.5, 0.6) is 0 Å². The molecular formula is C12H22N2O2. The summed E-state index contributed by atoms with van der Waals surface area (Å²) in [6, 6.07) is 0.352. The first-order valence-electron chi connectivity index (χ1n) is 6.36. The Morgan fingerprint density at radius 1 is 1.50 bits per heavy atom. The monoisotopic (exact) mass is 226 g/mol. The van der Waals surface area contributed by atoms with E-state index >= 15 is 0 Å². The molecule has 0 radical (unpaired) electrons. The van der Waals surface area contributed by atoms with Gasteiger partial charge in [0.25, 0.3) is 0 Å². The summed E-state index contributed by atoms with van der Waals surface area (Å²) >= 11 is 0. The van der Waals surface area contributed by atoms with Crippen LogP contribution >= 0.6 is 0 Å². The third kappa shape index (κ3) is 2.55. The van der Waals surface area contributed by atoms with Gasteiger partial charge in [-0.1, -0.05) is 6.92 Å². The van der Waals surface area contributed by atoms with E-state index < -0.39 is 0 Å². The second-order valence-corrected chi connectivity index (χ2v) is 4.95. The van der Waals surface area contributed by atoms with Gasteiger partial charge >= 0.3 is 0 Å². The fourth-order valence-corrected chi connectivity index (χ4v) is 2.53. The van der Waals surface area contributed by atoms with Crippen molar-refractivity contribution < 1.29 is 9.53 Å². The van der Waals surface area contributed by atoms with Crippen LogP contribution < -0.4 is 10.6 Å². The first kappa shape index (κ1) is 11.9. The van der Waals surface area contributed by atoms with E-state index in [4.69, 9.17) is 4.74 Å². The minimum Gasteiger partial charge on any atom is -0.378 e. The summed E-state index contributed by atoms with van der Waals surface area (Å²) in [5.74, 6) is 0.632. The van der Waals surface area contributed by atoms with Gasteiger partial charge in [-0.05, 0) is 38.6 Å². The zero-order chi connectivity index (χ0) is 11.5. The Hall–Kier alpha value is -0.610. The lowest BCUT2D eigenvalue weighted by molar-refractivity contribution is -0.126. The van der Waals surface area contributed by atoms with Crippen LogP contribution in [0.1, 0.15) is 33.1 Å². The number of hydrogen-bond acceptors (Lipinski definition) is 3. The lowest BCUT2D eigenvalue weighted by Gasteiger charge is -2.36. The van der Waals surface area contributed by atoms with Crippen molar-refractivity contribution in [2.45, 2.75) is 51.3 Å². The van der Waals surface area contributed by atoms with Crippen LogP contribution in [0, 0.1) is 5.92 Å². The Kier molecular flexibility index (Phi) is 3.82. The van der Waals surface area contributed by atoms with Crippen molar-refractivity contribution in [1.29, 1.82) is 0 Å². The Morgan fingerprint density at radius 2 is 2.25 bits per heavy atom. The molecule has 2 fully saturated rings. The Labute approximate surface area is 97.1 Å². The summed E-state index contributed by atoms with van der Waals surface area (Å²) in [5.41, 5.74) is 0. The van der Waals surface area contributed by atoms with Crippen LogP contribution in [0.25, 0.3) is 0 Å². The molecule has 1 amide bonds. The predicted molar refractivity (Wildman–Crippen MR) is 62.2 cm³/mol. The van der Waals surface area contributed by atoms with Gasteiger partial charge in [0.15, 0.2) is 0 Å². The van der Waals surface area contributed by atoms with Crippen LogP contribution in [0.4, 0.5) is 0 Å². The molecule has 0 spiro atoms. The number of amides is 1. The zero-order valence-electron chi connectivity index (χ0n) is 10.2. The lowest BCUT2D eigenvalue weighted by Crippen LogP contribution is -2.53. The van der Waals surface area contributed by atoms with Crippen LogP contribution in [-0.4, -0.2) is 37.2 Å². The maximum atomic E-state index is 11.9. The van der Waals surface area contributed by atoms with Gasteiger partial charge in [-0.3, -0.25) is 4.79 Å². The van der Waals surface area contributed by atoms with E-state index in [-0.39, 0.29) is 11.9 Å². The molecule has 2 aliphatic rings. The van der Waals surface area contributed by atoms with Gasteiger partial charge < -0.3 is 15.4 Å². The molecule has 4 heteroatoms. The predicted octanol–water partition coefficient (Wildman–Crippen LogP) is 0.668. The van der Waals surface area contributed by atoms with Crippen LogP contribution in [-0.2, 0) is 9.53 Å². The molecule has 1 heterocycles. The van der Waals surface area contributed by atoms with E-state index in [2.05, 4.69) is 17.6 Å². The molecule has 1 aliphatic carbocycles. The van der Waals surface area contributed by atoms with Crippen molar-refractivity contribution >= 4 is 5.91 Å². The van der Waals surface area contributed by atoms with Crippen molar-refractivity contribution in [3.05, 3.63) is 0 Å². The fourth-order valence-electron chi connectivity index (χ4n) is 2.53. The molecular weight excluding hydrogens is 204 g/mol. The van der Waals surface area contributed by atoms with Gasteiger partial charge in [-0.25, -0.2) is 0 Å². The fraction of sp³-hybridized carbons (Fsp3) is 0.917. The Bertz CT molecular complexity index is 251. The quantitative estimate of drug-likeness (QED) is 0.740. The summed E-state index contributed by atoms with van der Waals surface area (Å²) in [4.78, 5) is 11.9. The van der Waals surface area contributed by atoms with E-state index in [0.29, 0.717) is 18.1 Å². The summed E-state index contributed by atoms with van der Waals surface area (Å²) in [5, 5.41) is 6.35. The van der Waals surface area contributed by atoms with E-state index in [9.17, 15) is 4.79 Å². The van der Waals surface area contributed by atoms with Gasteiger partial charge in [0.1, 0.15) is 0 Å². The minimum atomic E-state index is 0.0196. The van der Waals surface area contributed by atoms with E-state index in [1.54, 1.807) is 0 Å². The summed E-state index contributed by atoms with van der Waals surface area (Å²) < 4.78 is 5.47. The molecule has 2 atom stereocenters. The summed E-state index contributed by atoms with van der Waals surface area (Å²) in [7, 11) is 0. The van der Waals surface area contributed by atoms with E-state index in [1.807, 2.05) is 6.92 Å². The molecule has 0 aromatic carbocycles. The largest absolute Gasteiger partial charge is 0.378 e. The number of carbonyl (C=O) groups excluding carboxylic acids is 1. The van der Waals surface area contributed by atoms with E-state index in [0.717, 1.165) is 32.4 Å². The van der Waals surface area contributed by atoms with Crippen molar-refractivity contribution in [2.75, 3.05) is 13.2 Å². The van der Waals surface area contributed by atoms with Gasteiger partial charge in [0, 0.05) is 12.6 Å². The number of rotatable bonds is 4. The molecule has 1 aliphatic heterocycles. The molecule has 0 bridgehead atoms. The van der Waals surface area contributed by atoms with Gasteiger partial charge in [0.2, 0.25) is 5.91 Å². The second-order valence-electron chi connectivity index (χ2n) is 4.95. The molecule has 1 saturated carbocycles. The number of carbonyl (C=O) groups is 1. The molecule has 2 rings (SSSR count). The highest BCUT2D eigenvalue weighted by Gasteiger charge is 2.35. The smallest absolute Gasteiger partial charge is 0.237 e. The van der Waals surface area contributed by atoms with Crippen molar-refractivity contribution in [3.63, 3.8) is 0 Å². The molecule has 4 nitrogen and oxygen atoms in total. The highest BCUT2D eigenvalue weighted by molar-refractivity contribution is 5.82. The van der Waals surface area contributed by atoms with Crippen molar-refractivity contribution in [2.24, 2.45) is 5.92 Å². The third-order valence-electron chi connectivity index (χ3n) is 3.66. The topological polar surface area (TPSA) is 50.4 Å². The van der Waals surface area contributed by atoms with Crippen molar-refractivity contribution in [1.82, 2.24) is 10.6 Å². The number of nitrogens with one attached hydrogen (secondary N) is 2. The van der Waals surface area contributed by atoms with Crippen LogP contribution in [0.2, 0.25) is 0 Å². The molecule has 16 heavy (non-hydrogen) atoms. The SMILES string of the molecule is CCOC1CC(NC(=O)C2NCCC2C)C1. The molecule has 0 aromatic heterocycles. The van der Waals surface area contributed by atoms with E-state index in [1.165, 1.54) is 0 Å². The number of hydrogen-bond donors (Lipinski definition) is 2. The maximum absolute atomic E-state index is 11.9. The highest BCUT2D eigenvalue weighted by Crippen LogP contribution is 2.24. The second kappa shape index (κ2) is 5.15. The van der Waals surface area contributed by atoms with Gasteiger partial charge in [-0.2, -0.15) is 0 Å². The minimum absolute atomic E-state index is 0.0196. The number of ether oxygens (including phenoxy) is 1. The van der Waals surface area contributed by atoms with Gasteiger partial charge in [0.05, 0.1) is 12.1 Å². The summed E-state index contributed by atoms with van der Waals surface area (Å²) in [6.07, 6.45) is 3.41. The lowest BCUT2D eigenvalue weighted by atomic mass is 9.88. The Balaban J connectivity index is 1.69. The first-order chi connectivity index (χ1) is 7.70. The first-order valence-corrected chi connectivity index (χ1v) is 6.36.